The number of para-hydroxylation sites is 2. The van der Waals surface area contributed by atoms with Crippen LogP contribution in [0.25, 0.3) is 0 Å². The fourth-order valence-electron chi connectivity index (χ4n) is 3.32. The number of hydrogen-bond acceptors (Lipinski definition) is 7. The second-order valence-corrected chi connectivity index (χ2v) is 7.55. The lowest BCUT2D eigenvalue weighted by atomic mass is 10.1. The van der Waals surface area contributed by atoms with Crippen LogP contribution >= 0.6 is 0 Å². The van der Waals surface area contributed by atoms with Crippen LogP contribution in [-0.2, 0) is 16.0 Å². The number of methoxy groups -OCH3 is 2. The predicted octanol–water partition coefficient (Wildman–Crippen LogP) is 5.06. The Morgan fingerprint density at radius 2 is 1.47 bits per heavy atom. The summed E-state index contributed by atoms with van der Waals surface area (Å²) in [6.45, 7) is 1.87. The first-order chi connectivity index (χ1) is 17.4. The Balaban J connectivity index is 1.60. The number of nitrogens with one attached hydrogen (secondary N) is 2. The van der Waals surface area contributed by atoms with Crippen LogP contribution in [-0.4, -0.2) is 38.8 Å². The van der Waals surface area contributed by atoms with Gasteiger partial charge in [0.2, 0.25) is 5.91 Å². The van der Waals surface area contributed by atoms with Crippen LogP contribution in [0.1, 0.15) is 29.3 Å². The maximum absolute atomic E-state index is 12.7. The van der Waals surface area contributed by atoms with Gasteiger partial charge in [-0.15, -0.1) is 0 Å². The molecule has 0 atom stereocenters. The molecule has 188 valence electrons. The molecule has 3 aromatic carbocycles. The highest BCUT2D eigenvalue weighted by atomic mass is 16.7. The van der Waals surface area contributed by atoms with E-state index in [9.17, 15) is 14.4 Å². The number of carbonyl (C=O) groups is 3. The lowest BCUT2D eigenvalue weighted by Crippen LogP contribution is -2.17. The third kappa shape index (κ3) is 7.23. The van der Waals surface area contributed by atoms with Crippen molar-refractivity contribution in [3.63, 3.8) is 0 Å². The summed E-state index contributed by atoms with van der Waals surface area (Å²) in [6, 6.07) is 18.5. The van der Waals surface area contributed by atoms with Gasteiger partial charge in [-0.05, 0) is 67.4 Å². The highest BCUT2D eigenvalue weighted by molar-refractivity contribution is 6.07. The molecule has 0 saturated carbocycles. The van der Waals surface area contributed by atoms with E-state index in [-0.39, 0.29) is 30.6 Å². The van der Waals surface area contributed by atoms with Gasteiger partial charge in [0.25, 0.3) is 5.91 Å². The first kappa shape index (κ1) is 26.1. The van der Waals surface area contributed by atoms with E-state index in [1.165, 1.54) is 24.3 Å². The van der Waals surface area contributed by atoms with Gasteiger partial charge in [-0.3, -0.25) is 9.59 Å². The molecule has 36 heavy (non-hydrogen) atoms. The third-order valence-corrected chi connectivity index (χ3v) is 5.12. The number of aryl methyl sites for hydroxylation is 1. The van der Waals surface area contributed by atoms with E-state index in [0.717, 1.165) is 5.56 Å². The third-order valence-electron chi connectivity index (χ3n) is 5.12. The summed E-state index contributed by atoms with van der Waals surface area (Å²) in [7, 11) is 3.13. The fourth-order valence-corrected chi connectivity index (χ4v) is 3.32. The molecule has 3 rings (SSSR count). The minimum absolute atomic E-state index is 0.200. The lowest BCUT2D eigenvalue weighted by Gasteiger charge is -2.13. The van der Waals surface area contributed by atoms with E-state index in [1.807, 2.05) is 12.1 Å². The van der Waals surface area contributed by atoms with Gasteiger partial charge in [0.1, 0.15) is 5.75 Å². The van der Waals surface area contributed by atoms with Crippen LogP contribution in [0, 0.1) is 0 Å². The molecule has 0 saturated heterocycles. The quantitative estimate of drug-likeness (QED) is 0.300. The molecular weight excluding hydrogens is 464 g/mol. The molecule has 2 amide bonds. The lowest BCUT2D eigenvalue weighted by molar-refractivity contribution is -0.116. The van der Waals surface area contributed by atoms with Gasteiger partial charge < -0.3 is 29.6 Å². The molecule has 2 N–H and O–H groups in total. The number of benzene rings is 3. The van der Waals surface area contributed by atoms with Crippen molar-refractivity contribution in [3.05, 3.63) is 77.9 Å². The van der Waals surface area contributed by atoms with Gasteiger partial charge in [0.05, 0.1) is 32.2 Å². The fraction of sp³-hybridized carbons (Fsp3) is 0.222. The zero-order valence-corrected chi connectivity index (χ0v) is 20.3. The molecule has 0 bridgehead atoms. The van der Waals surface area contributed by atoms with Crippen molar-refractivity contribution in [2.24, 2.45) is 0 Å². The molecule has 0 aromatic heterocycles. The highest BCUT2D eigenvalue weighted by Gasteiger charge is 2.13. The van der Waals surface area contributed by atoms with Gasteiger partial charge in [0.15, 0.2) is 11.5 Å². The molecule has 0 aliphatic rings. The van der Waals surface area contributed by atoms with E-state index in [4.69, 9.17) is 18.9 Å². The molecule has 0 fully saturated rings. The molecule has 0 unspecified atom stereocenters. The molecule has 0 radical (unpaired) electrons. The Kier molecular flexibility index (Phi) is 9.27. The Bertz CT molecular complexity index is 1210. The summed E-state index contributed by atoms with van der Waals surface area (Å²) in [5.41, 5.74) is 2.21. The van der Waals surface area contributed by atoms with Gasteiger partial charge in [0, 0.05) is 12.0 Å². The number of rotatable bonds is 10. The van der Waals surface area contributed by atoms with Crippen LogP contribution in [0.5, 0.6) is 17.2 Å². The minimum Gasteiger partial charge on any atom is -0.493 e. The molecule has 0 heterocycles. The Labute approximate surface area is 209 Å². The van der Waals surface area contributed by atoms with E-state index < -0.39 is 6.16 Å². The topological polar surface area (TPSA) is 112 Å². The second-order valence-electron chi connectivity index (χ2n) is 7.55. The average molecular weight is 493 g/mol. The average Bonchev–Trinajstić information content (AvgIpc) is 2.89. The maximum atomic E-state index is 12.7. The highest BCUT2D eigenvalue weighted by Crippen LogP contribution is 2.28. The van der Waals surface area contributed by atoms with E-state index >= 15 is 0 Å². The predicted molar refractivity (Wildman–Crippen MR) is 135 cm³/mol. The van der Waals surface area contributed by atoms with Crippen molar-refractivity contribution in [1.29, 1.82) is 0 Å². The number of carbonyl (C=O) groups excluding carboxylic acids is 3. The maximum Gasteiger partial charge on any atom is 0.513 e. The first-order valence-corrected chi connectivity index (χ1v) is 11.3. The molecule has 0 spiro atoms. The van der Waals surface area contributed by atoms with Gasteiger partial charge in [-0.1, -0.05) is 18.2 Å². The van der Waals surface area contributed by atoms with Crippen molar-refractivity contribution in [2.45, 2.75) is 19.8 Å². The summed E-state index contributed by atoms with van der Waals surface area (Å²) < 4.78 is 20.3. The first-order valence-electron chi connectivity index (χ1n) is 11.3. The summed E-state index contributed by atoms with van der Waals surface area (Å²) in [5, 5.41) is 5.65. The van der Waals surface area contributed by atoms with Crippen molar-refractivity contribution in [1.82, 2.24) is 0 Å². The summed E-state index contributed by atoms with van der Waals surface area (Å²) >= 11 is 0. The van der Waals surface area contributed by atoms with Gasteiger partial charge in [-0.2, -0.15) is 0 Å². The standard InChI is InChI=1S/C27H28N2O7/c1-4-35-27(32)36-20-13-11-19(12-14-20)26(31)29-22-8-6-5-7-21(22)28-25(30)16-10-18-9-15-23(33-2)24(17-18)34-3/h5-9,11-15,17H,4,10,16H2,1-3H3,(H,28,30)(H,29,31). The molecule has 3 aromatic rings. The molecule has 0 aliphatic heterocycles. The largest absolute Gasteiger partial charge is 0.513 e. The van der Waals surface area contributed by atoms with Gasteiger partial charge in [-0.25, -0.2) is 4.79 Å². The van der Waals surface area contributed by atoms with Crippen LogP contribution in [0.15, 0.2) is 66.7 Å². The second kappa shape index (κ2) is 12.8. The molecule has 0 aliphatic carbocycles. The monoisotopic (exact) mass is 492 g/mol. The zero-order valence-electron chi connectivity index (χ0n) is 20.3. The van der Waals surface area contributed by atoms with Gasteiger partial charge >= 0.3 is 6.16 Å². The summed E-state index contributed by atoms with van der Waals surface area (Å²) in [6.07, 6.45) is -0.0776. The molecular formula is C27H28N2O7. The van der Waals surface area contributed by atoms with Crippen LogP contribution in [0.4, 0.5) is 16.2 Å². The van der Waals surface area contributed by atoms with Crippen LogP contribution in [0.2, 0.25) is 0 Å². The van der Waals surface area contributed by atoms with E-state index in [2.05, 4.69) is 10.6 Å². The van der Waals surface area contributed by atoms with Crippen molar-refractivity contribution in [2.75, 3.05) is 31.5 Å². The van der Waals surface area contributed by atoms with E-state index in [0.29, 0.717) is 34.9 Å². The minimum atomic E-state index is -0.814. The van der Waals surface area contributed by atoms with Crippen molar-refractivity contribution < 1.29 is 33.3 Å². The molecule has 9 heteroatoms. The normalized spacial score (nSPS) is 10.2. The van der Waals surface area contributed by atoms with Crippen LogP contribution in [0.3, 0.4) is 0 Å². The van der Waals surface area contributed by atoms with E-state index in [1.54, 1.807) is 51.5 Å². The van der Waals surface area contributed by atoms with Crippen molar-refractivity contribution >= 4 is 29.3 Å². The summed E-state index contributed by atoms with van der Waals surface area (Å²) in [5.74, 6) is 0.893. The number of anilines is 2. The SMILES string of the molecule is CCOC(=O)Oc1ccc(C(=O)Nc2ccccc2NC(=O)CCc2ccc(OC)c(OC)c2)cc1. The molecule has 9 nitrogen and oxygen atoms in total. The smallest absolute Gasteiger partial charge is 0.493 e. The number of hydrogen-bond donors (Lipinski definition) is 2. The van der Waals surface area contributed by atoms with Crippen LogP contribution < -0.4 is 24.8 Å². The Morgan fingerprint density at radius 1 is 0.806 bits per heavy atom. The summed E-state index contributed by atoms with van der Waals surface area (Å²) in [4.78, 5) is 36.8. The Morgan fingerprint density at radius 3 is 2.11 bits per heavy atom. The zero-order chi connectivity index (χ0) is 25.9. The Hall–Kier alpha value is -4.53. The number of ether oxygens (including phenoxy) is 4. The number of amides is 2. The van der Waals surface area contributed by atoms with Crippen molar-refractivity contribution in [3.8, 4) is 17.2 Å².